The normalized spacial score (nSPS) is 10.4. The second-order valence-electron chi connectivity index (χ2n) is 6.49. The molecule has 7 heteroatoms. The Balaban J connectivity index is 1.51. The highest BCUT2D eigenvalue weighted by molar-refractivity contribution is 6.30. The molecule has 28 heavy (non-hydrogen) atoms. The van der Waals surface area contributed by atoms with Crippen molar-refractivity contribution < 1.29 is 4.79 Å². The minimum atomic E-state index is -0.198. The highest BCUT2D eigenvalue weighted by Crippen LogP contribution is 2.18. The van der Waals surface area contributed by atoms with Crippen molar-refractivity contribution >= 4 is 34.8 Å². The summed E-state index contributed by atoms with van der Waals surface area (Å²) in [6, 6.07) is 15.5. The van der Waals surface area contributed by atoms with Crippen molar-refractivity contribution in [2.45, 2.75) is 6.42 Å². The molecule has 0 saturated heterocycles. The third kappa shape index (κ3) is 5.44. The molecule has 3 aromatic rings. The molecular weight excluding hydrogens is 374 g/mol. The van der Waals surface area contributed by atoms with E-state index in [1.54, 1.807) is 0 Å². The van der Waals surface area contributed by atoms with E-state index in [1.807, 2.05) is 67.5 Å². The molecule has 0 bridgehead atoms. The number of hydrogen-bond donors (Lipinski definition) is 2. The van der Waals surface area contributed by atoms with Crippen LogP contribution in [0.2, 0.25) is 5.02 Å². The van der Waals surface area contributed by atoms with Gasteiger partial charge in [0.25, 0.3) is 5.91 Å². The Labute approximate surface area is 169 Å². The SMILES string of the molecule is CN(C)c1ccc(Nc2ncc(C(=O)NCCc3ccc(Cl)cc3)cn2)cc1. The molecule has 0 aliphatic carbocycles. The lowest BCUT2D eigenvalue weighted by Crippen LogP contribution is -2.26. The van der Waals surface area contributed by atoms with Gasteiger partial charge in [-0.2, -0.15) is 0 Å². The Kier molecular flexibility index (Phi) is 6.45. The topological polar surface area (TPSA) is 70.2 Å². The van der Waals surface area contributed by atoms with Gasteiger partial charge in [0, 0.05) is 49.4 Å². The van der Waals surface area contributed by atoms with Crippen molar-refractivity contribution in [1.82, 2.24) is 15.3 Å². The van der Waals surface area contributed by atoms with Gasteiger partial charge in [-0.25, -0.2) is 9.97 Å². The maximum atomic E-state index is 12.2. The van der Waals surface area contributed by atoms with Gasteiger partial charge in [0.05, 0.1) is 5.56 Å². The molecule has 6 nitrogen and oxygen atoms in total. The van der Waals surface area contributed by atoms with E-state index in [2.05, 4.69) is 20.6 Å². The Morgan fingerprint density at radius 1 is 1.00 bits per heavy atom. The van der Waals surface area contributed by atoms with Gasteiger partial charge >= 0.3 is 0 Å². The zero-order valence-corrected chi connectivity index (χ0v) is 16.6. The van der Waals surface area contributed by atoms with Crippen LogP contribution in [0.15, 0.2) is 60.9 Å². The number of aromatic nitrogens is 2. The summed E-state index contributed by atoms with van der Waals surface area (Å²) in [6.07, 6.45) is 3.76. The van der Waals surface area contributed by atoms with Crippen LogP contribution in [-0.4, -0.2) is 36.5 Å². The number of carbonyl (C=O) groups excluding carboxylic acids is 1. The van der Waals surface area contributed by atoms with Gasteiger partial charge in [0.1, 0.15) is 0 Å². The van der Waals surface area contributed by atoms with Crippen molar-refractivity contribution in [3.63, 3.8) is 0 Å². The van der Waals surface area contributed by atoms with Crippen LogP contribution in [0.3, 0.4) is 0 Å². The van der Waals surface area contributed by atoms with Gasteiger partial charge in [-0.05, 0) is 48.4 Å². The summed E-state index contributed by atoms with van der Waals surface area (Å²) in [4.78, 5) is 22.7. The van der Waals surface area contributed by atoms with E-state index >= 15 is 0 Å². The third-order valence-corrected chi connectivity index (χ3v) is 4.42. The number of carbonyl (C=O) groups is 1. The zero-order valence-electron chi connectivity index (χ0n) is 15.8. The van der Waals surface area contributed by atoms with E-state index in [1.165, 1.54) is 12.4 Å². The first-order valence-corrected chi connectivity index (χ1v) is 9.28. The smallest absolute Gasteiger partial charge is 0.254 e. The quantitative estimate of drug-likeness (QED) is 0.634. The maximum Gasteiger partial charge on any atom is 0.254 e. The Morgan fingerprint density at radius 3 is 2.25 bits per heavy atom. The molecule has 0 fully saturated rings. The first-order chi connectivity index (χ1) is 13.5. The van der Waals surface area contributed by atoms with E-state index in [-0.39, 0.29) is 5.91 Å². The van der Waals surface area contributed by atoms with Crippen molar-refractivity contribution in [2.75, 3.05) is 30.9 Å². The van der Waals surface area contributed by atoms with E-state index in [0.717, 1.165) is 23.4 Å². The molecule has 0 saturated carbocycles. The van der Waals surface area contributed by atoms with Crippen molar-refractivity contribution in [2.24, 2.45) is 0 Å². The van der Waals surface area contributed by atoms with Crippen molar-refractivity contribution in [3.8, 4) is 0 Å². The first kappa shape index (κ1) is 19.6. The summed E-state index contributed by atoms with van der Waals surface area (Å²) < 4.78 is 0. The molecule has 1 amide bonds. The molecule has 1 heterocycles. The van der Waals surface area contributed by atoms with E-state index < -0.39 is 0 Å². The van der Waals surface area contributed by atoms with Gasteiger partial charge < -0.3 is 15.5 Å². The number of nitrogens with one attached hydrogen (secondary N) is 2. The maximum absolute atomic E-state index is 12.2. The number of amides is 1. The van der Waals surface area contributed by atoms with Gasteiger partial charge in [-0.15, -0.1) is 0 Å². The molecule has 0 radical (unpaired) electrons. The minimum absolute atomic E-state index is 0.198. The fraction of sp³-hybridized carbons (Fsp3) is 0.190. The lowest BCUT2D eigenvalue weighted by Gasteiger charge is -2.13. The molecule has 2 N–H and O–H groups in total. The highest BCUT2D eigenvalue weighted by atomic mass is 35.5. The monoisotopic (exact) mass is 395 g/mol. The number of anilines is 3. The molecule has 0 spiro atoms. The average molecular weight is 396 g/mol. The predicted octanol–water partition coefficient (Wildman–Crippen LogP) is 3.91. The van der Waals surface area contributed by atoms with Gasteiger partial charge in [-0.3, -0.25) is 4.79 Å². The van der Waals surface area contributed by atoms with Crippen LogP contribution < -0.4 is 15.5 Å². The number of halogens is 1. The number of hydrogen-bond acceptors (Lipinski definition) is 5. The summed E-state index contributed by atoms with van der Waals surface area (Å²) in [5.74, 6) is 0.242. The third-order valence-electron chi connectivity index (χ3n) is 4.17. The van der Waals surface area contributed by atoms with Crippen molar-refractivity contribution in [3.05, 3.63) is 77.1 Å². The van der Waals surface area contributed by atoms with Crippen LogP contribution in [0.25, 0.3) is 0 Å². The van der Waals surface area contributed by atoms with E-state index in [9.17, 15) is 4.79 Å². The van der Waals surface area contributed by atoms with Gasteiger partial charge in [0.15, 0.2) is 0 Å². The van der Waals surface area contributed by atoms with Crippen LogP contribution in [0.4, 0.5) is 17.3 Å². The second kappa shape index (κ2) is 9.19. The van der Waals surface area contributed by atoms with Gasteiger partial charge in [-0.1, -0.05) is 23.7 Å². The fourth-order valence-electron chi connectivity index (χ4n) is 2.56. The number of benzene rings is 2. The standard InChI is InChI=1S/C21H22ClN5O/c1-27(2)19-9-7-18(8-10-19)26-21-24-13-16(14-25-21)20(28)23-12-11-15-3-5-17(22)6-4-15/h3-10,13-14H,11-12H2,1-2H3,(H,23,28)(H,24,25,26). The Bertz CT molecular complexity index is 909. The van der Waals surface area contributed by atoms with Gasteiger partial charge in [0.2, 0.25) is 5.95 Å². The van der Waals surface area contributed by atoms with Crippen LogP contribution in [0.1, 0.15) is 15.9 Å². The summed E-state index contributed by atoms with van der Waals surface area (Å²) in [6.45, 7) is 0.526. The lowest BCUT2D eigenvalue weighted by atomic mass is 10.1. The molecule has 144 valence electrons. The summed E-state index contributed by atoms with van der Waals surface area (Å²) in [5.41, 5.74) is 3.52. The zero-order chi connectivity index (χ0) is 19.9. The lowest BCUT2D eigenvalue weighted by molar-refractivity contribution is 0.0953. The van der Waals surface area contributed by atoms with E-state index in [4.69, 9.17) is 11.6 Å². The highest BCUT2D eigenvalue weighted by Gasteiger charge is 2.07. The van der Waals surface area contributed by atoms with E-state index in [0.29, 0.717) is 23.1 Å². The summed E-state index contributed by atoms with van der Waals surface area (Å²) in [7, 11) is 3.98. The minimum Gasteiger partial charge on any atom is -0.378 e. The summed E-state index contributed by atoms with van der Waals surface area (Å²) >= 11 is 5.87. The van der Waals surface area contributed by atoms with Crippen LogP contribution >= 0.6 is 11.6 Å². The number of rotatable bonds is 7. The summed E-state index contributed by atoms with van der Waals surface area (Å²) in [5, 5.41) is 6.69. The largest absolute Gasteiger partial charge is 0.378 e. The molecule has 0 atom stereocenters. The fourth-order valence-corrected chi connectivity index (χ4v) is 2.68. The predicted molar refractivity (Wildman–Crippen MR) is 114 cm³/mol. The second-order valence-corrected chi connectivity index (χ2v) is 6.93. The number of nitrogens with zero attached hydrogens (tertiary/aromatic N) is 3. The van der Waals surface area contributed by atoms with Crippen LogP contribution in [0.5, 0.6) is 0 Å². The van der Waals surface area contributed by atoms with Crippen LogP contribution in [-0.2, 0) is 6.42 Å². The van der Waals surface area contributed by atoms with Crippen LogP contribution in [0, 0.1) is 0 Å². The van der Waals surface area contributed by atoms with Crippen molar-refractivity contribution in [1.29, 1.82) is 0 Å². The molecule has 2 aromatic carbocycles. The molecule has 0 unspecified atom stereocenters. The average Bonchev–Trinajstić information content (AvgIpc) is 2.70. The molecule has 3 rings (SSSR count). The molecule has 0 aliphatic heterocycles. The molecule has 0 aliphatic rings. The first-order valence-electron chi connectivity index (χ1n) is 8.90. The molecular formula is C21H22ClN5O. The molecule has 1 aromatic heterocycles. The Morgan fingerprint density at radius 2 is 1.64 bits per heavy atom. The Hall–Kier alpha value is -3.12.